The summed E-state index contributed by atoms with van der Waals surface area (Å²) in [5, 5.41) is 0. The largest absolute Gasteiger partial charge is 0.130 e. The molecule has 0 aliphatic heterocycles. The fraction of sp³-hybridized carbons (Fsp3) is 0.250. The van der Waals surface area contributed by atoms with Gasteiger partial charge in [-0.15, -0.1) is 9.24 Å². The van der Waals surface area contributed by atoms with Crippen LogP contribution in [0.4, 0.5) is 0 Å². The van der Waals surface area contributed by atoms with Crippen molar-refractivity contribution in [3.05, 3.63) is 35.9 Å². The van der Waals surface area contributed by atoms with Crippen LogP contribution in [0, 0.1) is 0 Å². The summed E-state index contributed by atoms with van der Waals surface area (Å²) in [6.45, 7) is 2.17. The number of hydrogen-bond donors (Lipinski definition) is 0. The maximum atomic E-state index is 2.77. The molecule has 2 unspecified atom stereocenters. The molecule has 0 N–H and O–H groups in total. The summed E-state index contributed by atoms with van der Waals surface area (Å²) in [6.07, 6.45) is 0. The van der Waals surface area contributed by atoms with Crippen LogP contribution in [-0.4, -0.2) is 0 Å². The van der Waals surface area contributed by atoms with Crippen LogP contribution in [0.1, 0.15) is 18.1 Å². The Morgan fingerprint density at radius 1 is 1.20 bits per heavy atom. The van der Waals surface area contributed by atoms with E-state index in [2.05, 4.69) is 40.4 Å². The van der Waals surface area contributed by atoms with Gasteiger partial charge in [-0.05, 0) is 11.2 Å². The molecule has 1 rings (SSSR count). The van der Waals surface area contributed by atoms with E-state index < -0.39 is 0 Å². The number of hydrogen-bond acceptors (Lipinski definition) is 0. The molecule has 51 valence electrons. The SMILES string of the molecule is CC(P)c1ccccc1.[Sc]. The molecule has 10 heavy (non-hydrogen) atoms. The van der Waals surface area contributed by atoms with Crippen molar-refractivity contribution >= 4 is 9.24 Å². The quantitative estimate of drug-likeness (QED) is 0.587. The zero-order valence-electron chi connectivity index (χ0n) is 6.12. The Bertz CT molecular complexity index is 172. The van der Waals surface area contributed by atoms with Gasteiger partial charge in [0.2, 0.25) is 0 Å². The molecule has 2 heteroatoms. The Balaban J connectivity index is 0.000000810. The molecular formula is C8H11PSc. The molecule has 1 radical (unpaired) electrons. The standard InChI is InChI=1S/C8H11P.Sc/c1-7(9)8-5-3-2-4-6-8;/h2-7H,9H2,1H3;. The summed E-state index contributed by atoms with van der Waals surface area (Å²) >= 11 is 0. The predicted octanol–water partition coefficient (Wildman–Crippen LogP) is 2.62. The van der Waals surface area contributed by atoms with Gasteiger partial charge >= 0.3 is 0 Å². The minimum absolute atomic E-state index is 0. The van der Waals surface area contributed by atoms with E-state index in [-0.39, 0.29) is 25.8 Å². The van der Waals surface area contributed by atoms with Crippen LogP contribution in [0.25, 0.3) is 0 Å². The first-order valence-electron chi connectivity index (χ1n) is 3.11. The fourth-order valence-corrected chi connectivity index (χ4v) is 0.979. The summed E-state index contributed by atoms with van der Waals surface area (Å²) in [4.78, 5) is 0. The van der Waals surface area contributed by atoms with Crippen LogP contribution in [0.5, 0.6) is 0 Å². The molecule has 0 bridgehead atoms. The molecule has 0 saturated carbocycles. The molecule has 0 amide bonds. The van der Waals surface area contributed by atoms with Crippen LogP contribution < -0.4 is 0 Å². The van der Waals surface area contributed by atoms with Crippen LogP contribution >= 0.6 is 9.24 Å². The fourth-order valence-electron chi connectivity index (χ4n) is 0.757. The molecule has 0 spiro atoms. The minimum atomic E-state index is 0. The second-order valence-corrected chi connectivity index (χ2v) is 3.20. The average Bonchev–Trinajstić information content (AvgIpc) is 1.90. The van der Waals surface area contributed by atoms with E-state index in [1.807, 2.05) is 6.07 Å². The normalized spacial score (nSPS) is 11.8. The first-order valence-corrected chi connectivity index (χ1v) is 3.78. The van der Waals surface area contributed by atoms with Gasteiger partial charge in [0.25, 0.3) is 0 Å². The monoisotopic (exact) mass is 183 g/mol. The van der Waals surface area contributed by atoms with Gasteiger partial charge in [0, 0.05) is 25.8 Å². The first kappa shape index (κ1) is 10.5. The van der Waals surface area contributed by atoms with E-state index in [1.54, 1.807) is 0 Å². The van der Waals surface area contributed by atoms with Gasteiger partial charge in [0.1, 0.15) is 0 Å². The Morgan fingerprint density at radius 2 is 1.70 bits per heavy atom. The third kappa shape index (κ3) is 3.07. The molecular weight excluding hydrogens is 172 g/mol. The van der Waals surface area contributed by atoms with Crippen molar-refractivity contribution in [3.8, 4) is 0 Å². The van der Waals surface area contributed by atoms with E-state index in [4.69, 9.17) is 0 Å². The molecule has 0 nitrogen and oxygen atoms in total. The van der Waals surface area contributed by atoms with Gasteiger partial charge < -0.3 is 0 Å². The van der Waals surface area contributed by atoms with Crippen molar-refractivity contribution in [2.24, 2.45) is 0 Å². The molecule has 0 heterocycles. The minimum Gasteiger partial charge on any atom is -0.130 e. The molecule has 1 aromatic rings. The van der Waals surface area contributed by atoms with Gasteiger partial charge in [-0.25, -0.2) is 0 Å². The van der Waals surface area contributed by atoms with Crippen LogP contribution in [0.15, 0.2) is 30.3 Å². The van der Waals surface area contributed by atoms with E-state index in [0.29, 0.717) is 5.66 Å². The van der Waals surface area contributed by atoms with Crippen molar-refractivity contribution in [1.29, 1.82) is 0 Å². The average molecular weight is 183 g/mol. The molecule has 0 fully saturated rings. The zero-order chi connectivity index (χ0) is 6.69. The van der Waals surface area contributed by atoms with Gasteiger partial charge in [-0.1, -0.05) is 37.3 Å². The van der Waals surface area contributed by atoms with Gasteiger partial charge in [-0.2, -0.15) is 0 Å². The summed E-state index contributed by atoms with van der Waals surface area (Å²) in [5.74, 6) is 0. The van der Waals surface area contributed by atoms with Gasteiger partial charge in [-0.3, -0.25) is 0 Å². The van der Waals surface area contributed by atoms with Gasteiger partial charge in [0.05, 0.1) is 0 Å². The molecule has 0 aromatic heterocycles. The molecule has 0 aliphatic carbocycles. The summed E-state index contributed by atoms with van der Waals surface area (Å²) in [5.41, 5.74) is 1.95. The zero-order valence-corrected chi connectivity index (χ0v) is 9.08. The first-order chi connectivity index (χ1) is 4.30. The van der Waals surface area contributed by atoms with Crippen molar-refractivity contribution in [1.82, 2.24) is 0 Å². The second kappa shape index (κ2) is 5.21. The summed E-state index contributed by atoms with van der Waals surface area (Å²) < 4.78 is 0. The third-order valence-electron chi connectivity index (χ3n) is 1.33. The molecule has 0 aliphatic rings. The Labute approximate surface area is 83.4 Å². The maximum absolute atomic E-state index is 2.77. The van der Waals surface area contributed by atoms with Crippen LogP contribution in [0.3, 0.4) is 0 Å². The smallest absolute Gasteiger partial charge is 0 e. The van der Waals surface area contributed by atoms with E-state index in [9.17, 15) is 0 Å². The van der Waals surface area contributed by atoms with Crippen molar-refractivity contribution in [2.45, 2.75) is 12.6 Å². The summed E-state index contributed by atoms with van der Waals surface area (Å²) in [6, 6.07) is 10.4. The topological polar surface area (TPSA) is 0 Å². The number of rotatable bonds is 1. The predicted molar refractivity (Wildman–Crippen MR) is 44.6 cm³/mol. The third-order valence-corrected chi connectivity index (χ3v) is 1.71. The molecule has 2 atom stereocenters. The summed E-state index contributed by atoms with van der Waals surface area (Å²) in [7, 11) is 2.77. The molecule has 1 aromatic carbocycles. The Kier molecular flexibility index (Phi) is 5.48. The maximum Gasteiger partial charge on any atom is 0 e. The van der Waals surface area contributed by atoms with Crippen molar-refractivity contribution in [2.75, 3.05) is 0 Å². The van der Waals surface area contributed by atoms with Crippen LogP contribution in [-0.2, 0) is 25.8 Å². The van der Waals surface area contributed by atoms with E-state index in [1.165, 1.54) is 5.56 Å². The van der Waals surface area contributed by atoms with E-state index >= 15 is 0 Å². The van der Waals surface area contributed by atoms with Crippen LogP contribution in [0.2, 0.25) is 0 Å². The Morgan fingerprint density at radius 3 is 2.00 bits per heavy atom. The second-order valence-electron chi connectivity index (χ2n) is 2.20. The van der Waals surface area contributed by atoms with Gasteiger partial charge in [0.15, 0.2) is 0 Å². The van der Waals surface area contributed by atoms with Crippen molar-refractivity contribution < 1.29 is 25.8 Å². The molecule has 0 saturated heterocycles. The Hall–Kier alpha value is 0.520. The number of benzene rings is 1. The van der Waals surface area contributed by atoms with Crippen molar-refractivity contribution in [3.63, 3.8) is 0 Å². The van der Waals surface area contributed by atoms with E-state index in [0.717, 1.165) is 0 Å².